The molecule has 3 aromatic rings. The Morgan fingerprint density at radius 2 is 2.12 bits per heavy atom. The normalized spacial score (nSPS) is 13.0. The van der Waals surface area contributed by atoms with E-state index in [1.54, 1.807) is 23.6 Å². The molecule has 0 aliphatic heterocycles. The molecule has 0 aliphatic rings. The Bertz CT molecular complexity index is 972. The van der Waals surface area contributed by atoms with Crippen LogP contribution in [0, 0.1) is 0 Å². The van der Waals surface area contributed by atoms with E-state index in [2.05, 4.69) is 22.6 Å². The van der Waals surface area contributed by atoms with Crippen molar-refractivity contribution in [2.75, 3.05) is 0 Å². The smallest absolute Gasteiger partial charge is 0.141 e. The summed E-state index contributed by atoms with van der Waals surface area (Å²) in [6.45, 7) is 5.24. The maximum absolute atomic E-state index is 13.5. The predicted molar refractivity (Wildman–Crippen MR) is 101 cm³/mol. The summed E-state index contributed by atoms with van der Waals surface area (Å²) >= 11 is 7.55. The largest absolute Gasteiger partial charge is 0.256 e. The number of nitrogens with zero attached hydrogens (tertiary/aromatic N) is 2. The molecular formula is C19H14ClFN2S. The predicted octanol–water partition coefficient (Wildman–Crippen LogP) is 6.37. The van der Waals surface area contributed by atoms with E-state index in [4.69, 9.17) is 11.6 Å². The molecule has 2 heterocycles. The Morgan fingerprint density at radius 1 is 1.29 bits per heavy atom. The molecule has 0 N–H and O–H groups in total. The fraction of sp³-hybridized carbons (Fsp3) is 0.0526. The summed E-state index contributed by atoms with van der Waals surface area (Å²) < 4.78 is 14.6. The summed E-state index contributed by atoms with van der Waals surface area (Å²) in [6, 6.07) is 9.95. The van der Waals surface area contributed by atoms with Crippen LogP contribution in [-0.2, 0) is 0 Å². The lowest BCUT2D eigenvalue weighted by Gasteiger charge is -2.09. The molecule has 0 unspecified atom stereocenters. The quantitative estimate of drug-likeness (QED) is 0.508. The lowest BCUT2D eigenvalue weighted by Crippen LogP contribution is -1.91. The minimum absolute atomic E-state index is 0.0111. The number of hydrogen-bond donors (Lipinski definition) is 0. The summed E-state index contributed by atoms with van der Waals surface area (Å²) in [4.78, 5) is 8.75. The monoisotopic (exact) mass is 356 g/mol. The number of allylic oxidation sites excluding steroid dienone is 5. The number of hydrogen-bond acceptors (Lipinski definition) is 3. The van der Waals surface area contributed by atoms with Crippen LogP contribution in [0.2, 0.25) is 0 Å². The summed E-state index contributed by atoms with van der Waals surface area (Å²) in [5.41, 5.74) is 6.33. The van der Waals surface area contributed by atoms with Crippen LogP contribution >= 0.6 is 22.9 Å². The molecule has 120 valence electrons. The molecule has 0 atom stereocenters. The summed E-state index contributed by atoms with van der Waals surface area (Å²) in [5.74, 6) is -0.556. The Balaban J connectivity index is 2.11. The second-order valence-electron chi connectivity index (χ2n) is 5.16. The highest BCUT2D eigenvalue weighted by Gasteiger charge is 2.10. The minimum Gasteiger partial charge on any atom is -0.256 e. The molecule has 0 radical (unpaired) electrons. The second kappa shape index (κ2) is 7.07. The number of pyridine rings is 1. The molecule has 0 saturated carbocycles. The van der Waals surface area contributed by atoms with Crippen molar-refractivity contribution in [3.05, 3.63) is 77.3 Å². The maximum atomic E-state index is 13.5. The van der Waals surface area contributed by atoms with Crippen molar-refractivity contribution in [2.24, 2.45) is 0 Å². The van der Waals surface area contributed by atoms with Crippen molar-refractivity contribution in [3.63, 3.8) is 0 Å². The topological polar surface area (TPSA) is 25.8 Å². The third kappa shape index (κ3) is 3.30. The number of rotatable bonds is 4. The van der Waals surface area contributed by atoms with Gasteiger partial charge < -0.3 is 0 Å². The second-order valence-corrected chi connectivity index (χ2v) is 6.46. The summed E-state index contributed by atoms with van der Waals surface area (Å²) in [6.07, 6.45) is 4.36. The van der Waals surface area contributed by atoms with Gasteiger partial charge in [0.25, 0.3) is 0 Å². The zero-order valence-corrected chi connectivity index (χ0v) is 14.5. The summed E-state index contributed by atoms with van der Waals surface area (Å²) in [7, 11) is 0. The van der Waals surface area contributed by atoms with Crippen molar-refractivity contribution >= 4 is 38.7 Å². The minimum atomic E-state index is -0.556. The van der Waals surface area contributed by atoms with Crippen LogP contribution in [0.4, 0.5) is 4.39 Å². The molecule has 0 spiro atoms. The van der Waals surface area contributed by atoms with Gasteiger partial charge in [0.05, 0.1) is 26.5 Å². The Morgan fingerprint density at radius 3 is 2.92 bits per heavy atom. The van der Waals surface area contributed by atoms with Crippen LogP contribution in [-0.4, -0.2) is 9.97 Å². The van der Waals surface area contributed by atoms with Gasteiger partial charge in [0.1, 0.15) is 5.83 Å². The van der Waals surface area contributed by atoms with E-state index in [9.17, 15) is 4.39 Å². The zero-order valence-electron chi connectivity index (χ0n) is 13.0. The van der Waals surface area contributed by atoms with E-state index >= 15 is 0 Å². The lowest BCUT2D eigenvalue weighted by molar-refractivity contribution is 0.665. The first kappa shape index (κ1) is 16.6. The van der Waals surface area contributed by atoms with E-state index in [-0.39, 0.29) is 5.03 Å². The van der Waals surface area contributed by atoms with Crippen LogP contribution in [0.15, 0.2) is 71.6 Å². The number of thiazole rings is 1. The van der Waals surface area contributed by atoms with Crippen molar-refractivity contribution in [1.29, 1.82) is 0 Å². The molecule has 0 amide bonds. The first-order valence-corrected chi connectivity index (χ1v) is 8.51. The van der Waals surface area contributed by atoms with Crippen molar-refractivity contribution < 1.29 is 4.39 Å². The van der Waals surface area contributed by atoms with Crippen molar-refractivity contribution in [2.45, 2.75) is 6.92 Å². The van der Waals surface area contributed by atoms with Crippen molar-refractivity contribution in [1.82, 2.24) is 9.97 Å². The standard InChI is InChI=1S/C19H14ClFN2S/c1-3-16(21)15(20)9-12(2)19-14(5-4-8-22-19)13-6-7-17-18(10-13)24-11-23-17/h3-11H,1H2,2H3/b12-9+,16-15-. The lowest BCUT2D eigenvalue weighted by atomic mass is 9.99. The van der Waals surface area contributed by atoms with E-state index < -0.39 is 5.83 Å². The third-order valence-electron chi connectivity index (χ3n) is 3.57. The highest BCUT2D eigenvalue weighted by Crippen LogP contribution is 2.31. The van der Waals surface area contributed by atoms with Gasteiger partial charge in [-0.25, -0.2) is 9.37 Å². The fourth-order valence-electron chi connectivity index (χ4n) is 2.40. The van der Waals surface area contributed by atoms with Gasteiger partial charge in [-0.05, 0) is 48.4 Å². The van der Waals surface area contributed by atoms with Crippen molar-refractivity contribution in [3.8, 4) is 11.1 Å². The highest BCUT2D eigenvalue weighted by molar-refractivity contribution is 7.16. The Kier molecular flexibility index (Phi) is 4.88. The first-order chi connectivity index (χ1) is 11.6. The van der Waals surface area contributed by atoms with Gasteiger partial charge in [-0.15, -0.1) is 11.3 Å². The Hall–Kier alpha value is -2.30. The molecule has 0 fully saturated rings. The molecule has 0 aliphatic carbocycles. The maximum Gasteiger partial charge on any atom is 0.141 e. The van der Waals surface area contributed by atoms with Crippen LogP contribution in [0.3, 0.4) is 0 Å². The van der Waals surface area contributed by atoms with E-state index in [0.29, 0.717) is 0 Å². The number of halogens is 2. The van der Waals surface area contributed by atoms with Crippen LogP contribution in [0.25, 0.3) is 26.9 Å². The van der Waals surface area contributed by atoms with Crippen LogP contribution in [0.1, 0.15) is 12.6 Å². The van der Waals surface area contributed by atoms with Crippen LogP contribution < -0.4 is 0 Å². The van der Waals surface area contributed by atoms with Gasteiger partial charge in [-0.3, -0.25) is 4.98 Å². The molecule has 1 aromatic carbocycles. The fourth-order valence-corrected chi connectivity index (χ4v) is 3.36. The summed E-state index contributed by atoms with van der Waals surface area (Å²) in [5, 5.41) is 0.0111. The molecule has 2 aromatic heterocycles. The zero-order chi connectivity index (χ0) is 17.1. The molecule has 2 nitrogen and oxygen atoms in total. The van der Waals surface area contributed by atoms with Crippen LogP contribution in [0.5, 0.6) is 0 Å². The molecule has 3 rings (SSSR count). The third-order valence-corrected chi connectivity index (χ3v) is 4.66. The number of benzene rings is 1. The highest BCUT2D eigenvalue weighted by atomic mass is 35.5. The van der Waals surface area contributed by atoms with E-state index in [1.165, 1.54) is 0 Å². The molecule has 24 heavy (non-hydrogen) atoms. The average Bonchev–Trinajstić information content (AvgIpc) is 3.08. The van der Waals surface area contributed by atoms with Gasteiger partial charge in [0.2, 0.25) is 0 Å². The number of fused-ring (bicyclic) bond motifs is 1. The Labute approximate surface area is 148 Å². The average molecular weight is 357 g/mol. The molecule has 0 saturated heterocycles. The van der Waals surface area contributed by atoms with E-state index in [0.717, 1.165) is 38.7 Å². The molecule has 5 heteroatoms. The molecule has 0 bridgehead atoms. The van der Waals surface area contributed by atoms with Gasteiger partial charge in [-0.2, -0.15) is 0 Å². The first-order valence-electron chi connectivity index (χ1n) is 7.25. The number of aromatic nitrogens is 2. The molecular weight excluding hydrogens is 343 g/mol. The van der Waals surface area contributed by atoms with Gasteiger partial charge in [0, 0.05) is 11.8 Å². The van der Waals surface area contributed by atoms with Gasteiger partial charge in [0.15, 0.2) is 0 Å². The van der Waals surface area contributed by atoms with E-state index in [1.807, 2.05) is 36.7 Å². The van der Waals surface area contributed by atoms with Gasteiger partial charge in [-0.1, -0.05) is 30.3 Å². The SMILES string of the molecule is C=C/C(F)=C(Cl)\C=C(/C)c1ncccc1-c1ccc2ncsc2c1. The van der Waals surface area contributed by atoms with Gasteiger partial charge >= 0.3 is 0 Å².